The second kappa shape index (κ2) is 5.46. The van der Waals surface area contributed by atoms with E-state index in [9.17, 15) is 5.11 Å². The molecule has 0 spiro atoms. The van der Waals surface area contributed by atoms with Gasteiger partial charge in [0.25, 0.3) is 0 Å². The fraction of sp³-hybridized carbons (Fsp3) is 0.500. The van der Waals surface area contributed by atoms with Crippen molar-refractivity contribution in [3.63, 3.8) is 0 Å². The van der Waals surface area contributed by atoms with Crippen LogP contribution in [0.1, 0.15) is 24.9 Å². The van der Waals surface area contributed by atoms with Gasteiger partial charge in [-0.1, -0.05) is 18.2 Å². The van der Waals surface area contributed by atoms with Gasteiger partial charge in [0, 0.05) is 17.6 Å². The van der Waals surface area contributed by atoms with Crippen LogP contribution in [0.3, 0.4) is 0 Å². The molecule has 0 bridgehead atoms. The number of aryl methyl sites for hydroxylation is 1. The highest BCUT2D eigenvalue weighted by molar-refractivity contribution is 5.80. The molecule has 0 radical (unpaired) electrons. The molecule has 0 saturated carbocycles. The number of para-hydroxylation sites is 1. The van der Waals surface area contributed by atoms with E-state index in [4.69, 9.17) is 0 Å². The number of aliphatic hydroxyl groups excluding tert-OH is 1. The molecule has 1 aromatic heterocycles. The summed E-state index contributed by atoms with van der Waals surface area (Å²) in [5.74, 6) is 1.27. The summed E-state index contributed by atoms with van der Waals surface area (Å²) < 4.78 is 0. The predicted octanol–water partition coefficient (Wildman–Crippen LogP) is 2.14. The first kappa shape index (κ1) is 13.5. The van der Waals surface area contributed by atoms with Crippen LogP contribution in [0.2, 0.25) is 0 Å². The van der Waals surface area contributed by atoms with E-state index in [0.717, 1.165) is 48.5 Å². The highest BCUT2D eigenvalue weighted by Crippen LogP contribution is 2.21. The van der Waals surface area contributed by atoms with Crippen molar-refractivity contribution >= 4 is 10.9 Å². The van der Waals surface area contributed by atoms with E-state index in [1.165, 1.54) is 0 Å². The van der Waals surface area contributed by atoms with Gasteiger partial charge in [-0.25, -0.2) is 9.97 Å². The Bertz CT molecular complexity index is 612. The largest absolute Gasteiger partial charge is 0.393 e. The van der Waals surface area contributed by atoms with Gasteiger partial charge in [0.2, 0.25) is 0 Å². The molecule has 2 atom stereocenters. The van der Waals surface area contributed by atoms with Crippen LogP contribution in [0, 0.1) is 12.8 Å². The lowest BCUT2D eigenvalue weighted by molar-refractivity contribution is 0.127. The Morgan fingerprint density at radius 1 is 1.35 bits per heavy atom. The summed E-state index contributed by atoms with van der Waals surface area (Å²) in [5.41, 5.74) is 2.05. The minimum atomic E-state index is -0.223. The fourth-order valence-corrected chi connectivity index (χ4v) is 2.97. The first-order valence-corrected chi connectivity index (χ1v) is 7.26. The molecule has 1 saturated heterocycles. The molecule has 1 fully saturated rings. The van der Waals surface area contributed by atoms with Crippen LogP contribution in [-0.4, -0.2) is 39.2 Å². The third-order valence-corrected chi connectivity index (χ3v) is 4.20. The lowest BCUT2D eigenvalue weighted by Crippen LogP contribution is -2.25. The average molecular weight is 271 g/mol. The second-order valence-corrected chi connectivity index (χ2v) is 5.77. The summed E-state index contributed by atoms with van der Waals surface area (Å²) in [6.45, 7) is 6.65. The summed E-state index contributed by atoms with van der Waals surface area (Å²) >= 11 is 0. The van der Waals surface area contributed by atoms with Gasteiger partial charge in [0.15, 0.2) is 0 Å². The highest BCUT2D eigenvalue weighted by atomic mass is 16.3. The molecule has 20 heavy (non-hydrogen) atoms. The average Bonchev–Trinajstić information content (AvgIpc) is 2.87. The molecule has 2 aromatic rings. The molecule has 0 aliphatic carbocycles. The number of fused-ring (bicyclic) bond motifs is 1. The summed E-state index contributed by atoms with van der Waals surface area (Å²) in [6, 6.07) is 8.13. The standard InChI is InChI=1S/C16H21N3O/c1-11-14-5-3-4-6-15(14)18-16(17-11)10-19-8-7-13(9-19)12(2)20/h3-6,12-13,20H,7-10H2,1-2H3. The Labute approximate surface area is 119 Å². The molecule has 4 heteroatoms. The minimum absolute atomic E-state index is 0.223. The molecule has 106 valence electrons. The monoisotopic (exact) mass is 271 g/mol. The quantitative estimate of drug-likeness (QED) is 0.929. The molecular formula is C16H21N3O. The van der Waals surface area contributed by atoms with E-state index in [1.54, 1.807) is 0 Å². The maximum Gasteiger partial charge on any atom is 0.143 e. The maximum atomic E-state index is 9.66. The number of hydrogen-bond acceptors (Lipinski definition) is 4. The Morgan fingerprint density at radius 3 is 2.90 bits per heavy atom. The molecular weight excluding hydrogens is 250 g/mol. The van der Waals surface area contributed by atoms with Gasteiger partial charge in [-0.15, -0.1) is 0 Å². The fourth-order valence-electron chi connectivity index (χ4n) is 2.97. The summed E-state index contributed by atoms with van der Waals surface area (Å²) in [5, 5.41) is 10.8. The van der Waals surface area contributed by atoms with Crippen molar-refractivity contribution in [2.75, 3.05) is 13.1 Å². The highest BCUT2D eigenvalue weighted by Gasteiger charge is 2.26. The van der Waals surface area contributed by atoms with E-state index in [1.807, 2.05) is 32.0 Å². The third-order valence-electron chi connectivity index (χ3n) is 4.20. The van der Waals surface area contributed by atoms with Crippen LogP contribution >= 0.6 is 0 Å². The number of likely N-dealkylation sites (tertiary alicyclic amines) is 1. The Hall–Kier alpha value is -1.52. The van der Waals surface area contributed by atoms with E-state index in [2.05, 4.69) is 20.9 Å². The van der Waals surface area contributed by atoms with Gasteiger partial charge in [0.1, 0.15) is 5.82 Å². The Kier molecular flexibility index (Phi) is 3.68. The first-order chi connectivity index (χ1) is 9.63. The Balaban J connectivity index is 1.78. The molecule has 0 amide bonds. The summed E-state index contributed by atoms with van der Waals surface area (Å²) in [6.07, 6.45) is 0.837. The van der Waals surface area contributed by atoms with Gasteiger partial charge in [-0.2, -0.15) is 0 Å². The molecule has 2 heterocycles. The second-order valence-electron chi connectivity index (χ2n) is 5.77. The van der Waals surface area contributed by atoms with Gasteiger partial charge in [0.05, 0.1) is 18.2 Å². The van der Waals surface area contributed by atoms with Gasteiger partial charge in [-0.3, -0.25) is 4.90 Å². The van der Waals surface area contributed by atoms with Crippen molar-refractivity contribution in [3.8, 4) is 0 Å². The zero-order chi connectivity index (χ0) is 14.1. The van der Waals surface area contributed by atoms with Crippen LogP contribution in [0.4, 0.5) is 0 Å². The number of nitrogens with zero attached hydrogens (tertiary/aromatic N) is 3. The summed E-state index contributed by atoms with van der Waals surface area (Å²) in [7, 11) is 0. The molecule has 3 rings (SSSR count). The number of aromatic nitrogens is 2. The van der Waals surface area contributed by atoms with Gasteiger partial charge in [-0.05, 0) is 38.8 Å². The molecule has 4 nitrogen and oxygen atoms in total. The molecule has 2 unspecified atom stereocenters. The van der Waals surface area contributed by atoms with Crippen molar-refractivity contribution < 1.29 is 5.11 Å². The number of hydrogen-bond donors (Lipinski definition) is 1. The molecule has 1 N–H and O–H groups in total. The Morgan fingerprint density at radius 2 is 2.15 bits per heavy atom. The normalized spacial score (nSPS) is 21.4. The number of rotatable bonds is 3. The lowest BCUT2D eigenvalue weighted by Gasteiger charge is -2.17. The number of benzene rings is 1. The lowest BCUT2D eigenvalue weighted by atomic mass is 10.0. The first-order valence-electron chi connectivity index (χ1n) is 7.26. The van der Waals surface area contributed by atoms with Crippen LogP contribution in [-0.2, 0) is 6.54 Å². The third kappa shape index (κ3) is 2.67. The van der Waals surface area contributed by atoms with Crippen LogP contribution in [0.25, 0.3) is 10.9 Å². The van der Waals surface area contributed by atoms with E-state index in [0.29, 0.717) is 5.92 Å². The van der Waals surface area contributed by atoms with E-state index < -0.39 is 0 Å². The minimum Gasteiger partial charge on any atom is -0.393 e. The van der Waals surface area contributed by atoms with Crippen molar-refractivity contribution in [2.45, 2.75) is 32.9 Å². The summed E-state index contributed by atoms with van der Waals surface area (Å²) in [4.78, 5) is 11.6. The van der Waals surface area contributed by atoms with Crippen LogP contribution < -0.4 is 0 Å². The number of aliphatic hydroxyl groups is 1. The SMILES string of the molecule is Cc1nc(CN2CCC(C(C)O)C2)nc2ccccc12. The van der Waals surface area contributed by atoms with Crippen molar-refractivity contribution in [1.29, 1.82) is 0 Å². The molecule has 1 aromatic carbocycles. The van der Waals surface area contributed by atoms with Crippen LogP contribution in [0.15, 0.2) is 24.3 Å². The predicted molar refractivity (Wildman–Crippen MR) is 79.3 cm³/mol. The van der Waals surface area contributed by atoms with Crippen LogP contribution in [0.5, 0.6) is 0 Å². The topological polar surface area (TPSA) is 49.2 Å². The zero-order valence-electron chi connectivity index (χ0n) is 12.1. The van der Waals surface area contributed by atoms with E-state index in [-0.39, 0.29) is 6.10 Å². The van der Waals surface area contributed by atoms with Crippen molar-refractivity contribution in [2.24, 2.45) is 5.92 Å². The van der Waals surface area contributed by atoms with E-state index >= 15 is 0 Å². The maximum absolute atomic E-state index is 9.66. The van der Waals surface area contributed by atoms with Gasteiger partial charge < -0.3 is 5.11 Å². The smallest absolute Gasteiger partial charge is 0.143 e. The molecule has 1 aliphatic heterocycles. The van der Waals surface area contributed by atoms with Crippen molar-refractivity contribution in [1.82, 2.24) is 14.9 Å². The van der Waals surface area contributed by atoms with Crippen molar-refractivity contribution in [3.05, 3.63) is 35.8 Å². The molecule has 1 aliphatic rings. The van der Waals surface area contributed by atoms with Gasteiger partial charge >= 0.3 is 0 Å². The zero-order valence-corrected chi connectivity index (χ0v) is 12.1.